The number of carbonyl (C=O) groups is 1. The fourth-order valence-corrected chi connectivity index (χ4v) is 5.95. The number of carboxylic acids is 1. The third kappa shape index (κ3) is 3.60. The van der Waals surface area contributed by atoms with E-state index in [9.17, 15) is 23.4 Å². The number of phenolic OH excluding ortho intramolecular Hbond substituents is 1. The lowest BCUT2D eigenvalue weighted by molar-refractivity contribution is -0.135. The molecule has 2 unspecified atom stereocenters. The minimum atomic E-state index is -3.78. The van der Waals surface area contributed by atoms with Gasteiger partial charge in [0.15, 0.2) is 0 Å². The highest BCUT2D eigenvalue weighted by atomic mass is 32.2. The van der Waals surface area contributed by atoms with Gasteiger partial charge in [0.25, 0.3) is 10.0 Å². The first kappa shape index (κ1) is 20.5. The minimum Gasteiger partial charge on any atom is -0.508 e. The number of nitrogens with zero attached hydrogens (tertiary/aromatic N) is 2. The normalized spacial score (nSPS) is 20.9. The number of aliphatic carboxylic acids is 1. The van der Waals surface area contributed by atoms with Crippen LogP contribution in [0.2, 0.25) is 0 Å². The Morgan fingerprint density at radius 3 is 2.50 bits per heavy atom. The second-order valence-corrected chi connectivity index (χ2v) is 10.0. The standard InChI is InChI=1S/C22H26N2O5S/c1-23(30(28,29)17-10-8-16(25)9-11-17)15-7-12-21-19(13-15)18-5-3-2-4-6-20(18)24(21)14-22(26)27/h7-13,18,20,25H,2-6,14H2,1H3,(H,26,27). The Bertz CT molecular complexity index is 1050. The average molecular weight is 431 g/mol. The van der Waals surface area contributed by atoms with Crippen molar-refractivity contribution in [2.24, 2.45) is 0 Å². The number of anilines is 2. The van der Waals surface area contributed by atoms with Crippen LogP contribution in [0.15, 0.2) is 47.4 Å². The van der Waals surface area contributed by atoms with Crippen molar-refractivity contribution in [1.82, 2.24) is 0 Å². The third-order valence-electron chi connectivity index (χ3n) is 6.26. The number of sulfonamides is 1. The number of fused-ring (bicyclic) bond motifs is 3. The number of hydrogen-bond donors (Lipinski definition) is 2. The van der Waals surface area contributed by atoms with Crippen LogP contribution in [0, 0.1) is 0 Å². The van der Waals surface area contributed by atoms with E-state index >= 15 is 0 Å². The first-order valence-corrected chi connectivity index (χ1v) is 11.6. The molecule has 2 N–H and O–H groups in total. The van der Waals surface area contributed by atoms with Gasteiger partial charge in [0, 0.05) is 24.7 Å². The van der Waals surface area contributed by atoms with E-state index in [4.69, 9.17) is 0 Å². The average Bonchev–Trinajstić information content (AvgIpc) is 2.86. The fourth-order valence-electron chi connectivity index (χ4n) is 4.76. The molecule has 2 aromatic rings. The Morgan fingerprint density at radius 2 is 1.80 bits per heavy atom. The Labute approximate surface area is 176 Å². The summed E-state index contributed by atoms with van der Waals surface area (Å²) in [5.74, 6) is -0.638. The number of rotatable bonds is 5. The van der Waals surface area contributed by atoms with Crippen LogP contribution in [-0.4, -0.2) is 44.2 Å². The van der Waals surface area contributed by atoms with E-state index in [0.717, 1.165) is 43.4 Å². The van der Waals surface area contributed by atoms with Gasteiger partial charge in [-0.05, 0) is 60.9 Å². The molecule has 0 aromatic heterocycles. The van der Waals surface area contributed by atoms with Gasteiger partial charge in [-0.2, -0.15) is 0 Å². The Hall–Kier alpha value is -2.74. The molecule has 0 spiro atoms. The number of carboxylic acid groups (broad SMARTS) is 1. The molecular weight excluding hydrogens is 404 g/mol. The summed E-state index contributed by atoms with van der Waals surface area (Å²) in [5, 5.41) is 18.9. The number of aromatic hydroxyl groups is 1. The summed E-state index contributed by atoms with van der Waals surface area (Å²) in [6.45, 7) is -0.0465. The molecule has 2 atom stereocenters. The van der Waals surface area contributed by atoms with Gasteiger partial charge < -0.3 is 15.1 Å². The number of hydrogen-bond acceptors (Lipinski definition) is 5. The van der Waals surface area contributed by atoms with Crippen molar-refractivity contribution in [2.45, 2.75) is 49.0 Å². The zero-order valence-corrected chi connectivity index (χ0v) is 17.7. The largest absolute Gasteiger partial charge is 0.508 e. The molecular formula is C22H26N2O5S. The van der Waals surface area contributed by atoms with Crippen LogP contribution < -0.4 is 9.21 Å². The molecule has 1 aliphatic carbocycles. The summed E-state index contributed by atoms with van der Waals surface area (Å²) in [6.07, 6.45) is 5.23. The molecule has 7 nitrogen and oxygen atoms in total. The molecule has 1 heterocycles. The summed E-state index contributed by atoms with van der Waals surface area (Å²) in [7, 11) is -2.27. The maximum Gasteiger partial charge on any atom is 0.323 e. The SMILES string of the molecule is CN(c1ccc2c(c1)C1CCCCCC1N2CC(=O)O)S(=O)(=O)c1ccc(O)cc1. The molecule has 0 radical (unpaired) electrons. The molecule has 30 heavy (non-hydrogen) atoms. The Morgan fingerprint density at radius 1 is 1.10 bits per heavy atom. The zero-order chi connectivity index (χ0) is 21.5. The molecule has 1 fully saturated rings. The molecule has 0 bridgehead atoms. The van der Waals surface area contributed by atoms with Crippen molar-refractivity contribution < 1.29 is 23.4 Å². The smallest absolute Gasteiger partial charge is 0.323 e. The van der Waals surface area contributed by atoms with Crippen molar-refractivity contribution in [2.75, 3.05) is 22.8 Å². The lowest BCUT2D eigenvalue weighted by Gasteiger charge is -2.28. The Kier molecular flexibility index (Phi) is 5.36. The monoisotopic (exact) mass is 430 g/mol. The maximum atomic E-state index is 13.0. The van der Waals surface area contributed by atoms with Gasteiger partial charge >= 0.3 is 5.97 Å². The number of phenols is 1. The van der Waals surface area contributed by atoms with Crippen molar-refractivity contribution in [3.05, 3.63) is 48.0 Å². The lowest BCUT2D eigenvalue weighted by Crippen LogP contribution is -2.37. The molecule has 1 saturated carbocycles. The van der Waals surface area contributed by atoms with Gasteiger partial charge in [-0.1, -0.05) is 19.3 Å². The van der Waals surface area contributed by atoms with Crippen molar-refractivity contribution >= 4 is 27.4 Å². The van der Waals surface area contributed by atoms with Gasteiger partial charge in [-0.3, -0.25) is 9.10 Å². The quantitative estimate of drug-likeness (QED) is 0.753. The molecule has 1 aliphatic heterocycles. The van der Waals surface area contributed by atoms with E-state index in [1.54, 1.807) is 6.07 Å². The van der Waals surface area contributed by atoms with E-state index < -0.39 is 16.0 Å². The van der Waals surface area contributed by atoms with Crippen molar-refractivity contribution in [1.29, 1.82) is 0 Å². The second-order valence-electron chi connectivity index (χ2n) is 8.04. The van der Waals surface area contributed by atoms with Crippen LogP contribution in [0.25, 0.3) is 0 Å². The summed E-state index contributed by atoms with van der Waals surface area (Å²) >= 11 is 0. The summed E-state index contributed by atoms with van der Waals surface area (Å²) in [5.41, 5.74) is 2.48. The first-order valence-electron chi connectivity index (χ1n) is 10.2. The first-order chi connectivity index (χ1) is 14.3. The second kappa shape index (κ2) is 7.83. The van der Waals surface area contributed by atoms with Crippen LogP contribution in [0.3, 0.4) is 0 Å². The molecule has 4 rings (SSSR count). The predicted molar refractivity (Wildman–Crippen MR) is 115 cm³/mol. The van der Waals surface area contributed by atoms with Gasteiger partial charge in [0.1, 0.15) is 12.3 Å². The zero-order valence-electron chi connectivity index (χ0n) is 16.9. The maximum absolute atomic E-state index is 13.0. The van der Waals surface area contributed by atoms with Crippen LogP contribution >= 0.6 is 0 Å². The van der Waals surface area contributed by atoms with E-state index in [-0.39, 0.29) is 29.1 Å². The molecule has 8 heteroatoms. The highest BCUT2D eigenvalue weighted by Gasteiger charge is 2.40. The van der Waals surface area contributed by atoms with Crippen LogP contribution in [0.4, 0.5) is 11.4 Å². The van der Waals surface area contributed by atoms with E-state index in [0.29, 0.717) is 5.69 Å². The topological polar surface area (TPSA) is 98.2 Å². The fraction of sp³-hybridized carbons (Fsp3) is 0.409. The number of benzene rings is 2. The van der Waals surface area contributed by atoms with Gasteiger partial charge in [-0.25, -0.2) is 8.42 Å². The summed E-state index contributed by atoms with van der Waals surface area (Å²) in [4.78, 5) is 13.5. The summed E-state index contributed by atoms with van der Waals surface area (Å²) in [6, 6.07) is 11.1. The Balaban J connectivity index is 1.72. The highest BCUT2D eigenvalue weighted by molar-refractivity contribution is 7.92. The van der Waals surface area contributed by atoms with E-state index in [1.807, 2.05) is 17.0 Å². The lowest BCUT2D eigenvalue weighted by atomic mass is 9.90. The van der Waals surface area contributed by atoms with E-state index in [2.05, 4.69) is 0 Å². The third-order valence-corrected chi connectivity index (χ3v) is 8.06. The summed E-state index contributed by atoms with van der Waals surface area (Å²) < 4.78 is 27.3. The van der Waals surface area contributed by atoms with Crippen molar-refractivity contribution in [3.8, 4) is 5.75 Å². The van der Waals surface area contributed by atoms with Crippen LogP contribution in [0.5, 0.6) is 5.75 Å². The minimum absolute atomic E-state index is 0.00654. The molecule has 0 saturated heterocycles. The van der Waals surface area contributed by atoms with Gasteiger partial charge in [-0.15, -0.1) is 0 Å². The predicted octanol–water partition coefficient (Wildman–Crippen LogP) is 3.54. The molecule has 160 valence electrons. The van der Waals surface area contributed by atoms with Gasteiger partial charge in [0.2, 0.25) is 0 Å². The van der Waals surface area contributed by atoms with Crippen LogP contribution in [-0.2, 0) is 14.8 Å². The molecule has 0 amide bonds. The van der Waals surface area contributed by atoms with Crippen LogP contribution in [0.1, 0.15) is 43.6 Å². The molecule has 2 aliphatic rings. The highest BCUT2D eigenvalue weighted by Crippen LogP contribution is 2.48. The van der Waals surface area contributed by atoms with Gasteiger partial charge in [0.05, 0.1) is 10.6 Å². The molecule has 2 aromatic carbocycles. The van der Waals surface area contributed by atoms with E-state index in [1.165, 1.54) is 35.6 Å². The van der Waals surface area contributed by atoms with Crippen molar-refractivity contribution in [3.63, 3.8) is 0 Å².